The van der Waals surface area contributed by atoms with Crippen LogP contribution in [-0.2, 0) is 4.74 Å². The molecule has 5 heteroatoms. The van der Waals surface area contributed by atoms with Gasteiger partial charge in [0.1, 0.15) is 0 Å². The summed E-state index contributed by atoms with van der Waals surface area (Å²) in [6.45, 7) is 6.44. The first kappa shape index (κ1) is 15.2. The second kappa shape index (κ2) is 9.16. The molecular weight excluding hydrogens is 230 g/mol. The first-order valence-electron chi connectivity index (χ1n) is 7.09. The Bertz CT molecular complexity index is 228. The number of rotatable bonds is 8. The van der Waals surface area contributed by atoms with Crippen molar-refractivity contribution in [2.45, 2.75) is 45.1 Å². The number of carbonyl (C=O) groups excluding carboxylic acids is 1. The molecule has 0 radical (unpaired) electrons. The minimum Gasteiger partial charge on any atom is -0.381 e. The number of hydrogen-bond acceptors (Lipinski definition) is 3. The van der Waals surface area contributed by atoms with Gasteiger partial charge in [-0.05, 0) is 32.2 Å². The van der Waals surface area contributed by atoms with Crippen molar-refractivity contribution in [1.82, 2.24) is 10.2 Å². The molecule has 1 rings (SSSR count). The molecule has 5 nitrogen and oxygen atoms in total. The molecule has 0 bridgehead atoms. The van der Waals surface area contributed by atoms with E-state index in [4.69, 9.17) is 10.5 Å². The fourth-order valence-corrected chi connectivity index (χ4v) is 2.13. The summed E-state index contributed by atoms with van der Waals surface area (Å²) in [5.74, 6) is 0. The van der Waals surface area contributed by atoms with Crippen LogP contribution < -0.4 is 11.1 Å². The number of nitrogens with one attached hydrogen (secondary N) is 1. The van der Waals surface area contributed by atoms with E-state index in [9.17, 15) is 4.79 Å². The average molecular weight is 257 g/mol. The van der Waals surface area contributed by atoms with Crippen LogP contribution in [0.4, 0.5) is 4.79 Å². The molecule has 1 heterocycles. The number of likely N-dealkylation sites (tertiary alicyclic amines) is 1. The van der Waals surface area contributed by atoms with Crippen molar-refractivity contribution < 1.29 is 9.53 Å². The van der Waals surface area contributed by atoms with Gasteiger partial charge in [0.15, 0.2) is 0 Å². The number of nitrogens with zero attached hydrogens (tertiary/aromatic N) is 1. The summed E-state index contributed by atoms with van der Waals surface area (Å²) in [7, 11) is 0. The molecule has 2 amide bonds. The maximum Gasteiger partial charge on any atom is 0.314 e. The molecule has 1 fully saturated rings. The number of urea groups is 1. The van der Waals surface area contributed by atoms with Gasteiger partial charge in [-0.3, -0.25) is 0 Å². The molecule has 18 heavy (non-hydrogen) atoms. The predicted octanol–water partition coefficient (Wildman–Crippen LogP) is 1.33. The first-order chi connectivity index (χ1) is 8.74. The van der Waals surface area contributed by atoms with Gasteiger partial charge < -0.3 is 20.7 Å². The van der Waals surface area contributed by atoms with E-state index in [2.05, 4.69) is 12.2 Å². The molecule has 0 atom stereocenters. The smallest absolute Gasteiger partial charge is 0.314 e. The van der Waals surface area contributed by atoms with Crippen molar-refractivity contribution in [2.75, 3.05) is 32.8 Å². The Kier molecular flexibility index (Phi) is 7.76. The summed E-state index contributed by atoms with van der Waals surface area (Å²) in [6, 6.07) is 0.231. The van der Waals surface area contributed by atoms with Gasteiger partial charge >= 0.3 is 6.03 Å². The van der Waals surface area contributed by atoms with Crippen LogP contribution in [0.5, 0.6) is 0 Å². The minimum absolute atomic E-state index is 0.294. The number of piperidine rings is 1. The van der Waals surface area contributed by atoms with Crippen LogP contribution in [0, 0.1) is 0 Å². The molecule has 0 aromatic heterocycles. The zero-order valence-electron chi connectivity index (χ0n) is 11.5. The molecule has 1 aliphatic heterocycles. The van der Waals surface area contributed by atoms with Gasteiger partial charge in [0.2, 0.25) is 0 Å². The second-order valence-corrected chi connectivity index (χ2v) is 4.87. The summed E-state index contributed by atoms with van der Waals surface area (Å²) < 4.78 is 5.50. The van der Waals surface area contributed by atoms with Crippen molar-refractivity contribution in [1.29, 1.82) is 0 Å². The van der Waals surface area contributed by atoms with Crippen LogP contribution in [-0.4, -0.2) is 49.8 Å². The van der Waals surface area contributed by atoms with Crippen molar-refractivity contribution in [3.63, 3.8) is 0 Å². The third-order valence-corrected chi connectivity index (χ3v) is 3.35. The highest BCUT2D eigenvalue weighted by Crippen LogP contribution is 2.09. The van der Waals surface area contributed by atoms with E-state index in [1.165, 1.54) is 6.42 Å². The number of nitrogens with two attached hydrogens (primary N) is 1. The monoisotopic (exact) mass is 257 g/mol. The average Bonchev–Trinajstić information content (AvgIpc) is 2.38. The fraction of sp³-hybridized carbons (Fsp3) is 0.923. The van der Waals surface area contributed by atoms with E-state index in [-0.39, 0.29) is 6.03 Å². The van der Waals surface area contributed by atoms with E-state index in [1.54, 1.807) is 4.90 Å². The zero-order valence-corrected chi connectivity index (χ0v) is 11.5. The van der Waals surface area contributed by atoms with E-state index >= 15 is 0 Å². The highest BCUT2D eigenvalue weighted by molar-refractivity contribution is 5.72. The number of hydrogen-bond donors (Lipinski definition) is 2. The number of carbonyl (C=O) groups is 1. The Balaban J connectivity index is 1.93. The van der Waals surface area contributed by atoms with Crippen molar-refractivity contribution in [2.24, 2.45) is 5.73 Å². The second-order valence-electron chi connectivity index (χ2n) is 4.87. The normalized spacial score (nSPS) is 17.1. The Morgan fingerprint density at radius 2 is 2.00 bits per heavy atom. The van der Waals surface area contributed by atoms with Gasteiger partial charge in [0.25, 0.3) is 0 Å². The number of unbranched alkanes of at least 4 members (excludes halogenated alkanes) is 1. The molecule has 0 aromatic rings. The lowest BCUT2D eigenvalue weighted by Gasteiger charge is -2.31. The quantitative estimate of drug-likeness (QED) is 0.645. The lowest BCUT2D eigenvalue weighted by atomic mass is 10.1. The summed E-state index contributed by atoms with van der Waals surface area (Å²) in [5, 5.41) is 3.51. The van der Waals surface area contributed by atoms with Gasteiger partial charge in [-0.1, -0.05) is 13.3 Å². The van der Waals surface area contributed by atoms with E-state index < -0.39 is 0 Å². The van der Waals surface area contributed by atoms with Crippen LogP contribution in [0.15, 0.2) is 0 Å². The lowest BCUT2D eigenvalue weighted by molar-refractivity contribution is 0.127. The summed E-state index contributed by atoms with van der Waals surface area (Å²) >= 11 is 0. The van der Waals surface area contributed by atoms with Gasteiger partial charge in [0.05, 0.1) is 0 Å². The Morgan fingerprint density at radius 3 is 2.61 bits per heavy atom. The van der Waals surface area contributed by atoms with Crippen LogP contribution in [0.25, 0.3) is 0 Å². The molecule has 0 aromatic carbocycles. The van der Waals surface area contributed by atoms with Gasteiger partial charge in [0, 0.05) is 32.3 Å². The first-order valence-corrected chi connectivity index (χ1v) is 7.09. The fourth-order valence-electron chi connectivity index (χ4n) is 2.13. The Labute approximate surface area is 110 Å². The van der Waals surface area contributed by atoms with E-state index in [1.807, 2.05) is 0 Å². The highest BCUT2D eigenvalue weighted by atomic mass is 16.5. The number of primary amides is 1. The minimum atomic E-state index is -0.294. The third-order valence-electron chi connectivity index (χ3n) is 3.35. The maximum atomic E-state index is 11.0. The van der Waals surface area contributed by atoms with Crippen molar-refractivity contribution in [3.05, 3.63) is 0 Å². The van der Waals surface area contributed by atoms with Crippen LogP contribution >= 0.6 is 0 Å². The highest BCUT2D eigenvalue weighted by Gasteiger charge is 2.20. The van der Waals surface area contributed by atoms with Crippen LogP contribution in [0.2, 0.25) is 0 Å². The van der Waals surface area contributed by atoms with Gasteiger partial charge in [-0.2, -0.15) is 0 Å². The topological polar surface area (TPSA) is 67.6 Å². The van der Waals surface area contributed by atoms with Gasteiger partial charge in [-0.25, -0.2) is 4.79 Å². The molecule has 106 valence electrons. The van der Waals surface area contributed by atoms with Gasteiger partial charge in [-0.15, -0.1) is 0 Å². The standard InChI is InChI=1S/C13H27N3O2/c1-2-3-10-18-11-4-7-15-12-5-8-16(9-6-12)13(14)17/h12,15H,2-11H2,1H3,(H2,14,17). The summed E-state index contributed by atoms with van der Waals surface area (Å²) in [5.41, 5.74) is 5.24. The third kappa shape index (κ3) is 6.21. The van der Waals surface area contributed by atoms with Crippen LogP contribution in [0.1, 0.15) is 39.0 Å². The maximum absolute atomic E-state index is 11.0. The molecule has 0 spiro atoms. The molecule has 0 aliphatic carbocycles. The van der Waals surface area contributed by atoms with Crippen molar-refractivity contribution >= 4 is 6.03 Å². The SMILES string of the molecule is CCCCOCCCNC1CCN(C(N)=O)CC1. The zero-order chi connectivity index (χ0) is 13.2. The molecule has 1 saturated heterocycles. The van der Waals surface area contributed by atoms with E-state index in [0.29, 0.717) is 6.04 Å². The number of ether oxygens (including phenoxy) is 1. The van der Waals surface area contributed by atoms with Crippen LogP contribution in [0.3, 0.4) is 0 Å². The van der Waals surface area contributed by atoms with E-state index in [0.717, 1.165) is 58.5 Å². The Hall–Kier alpha value is -0.810. The lowest BCUT2D eigenvalue weighted by Crippen LogP contribution is -2.47. The molecule has 1 aliphatic rings. The number of amides is 2. The molecule has 0 unspecified atom stereocenters. The molecule has 0 saturated carbocycles. The largest absolute Gasteiger partial charge is 0.381 e. The predicted molar refractivity (Wildman–Crippen MR) is 72.5 cm³/mol. The molecule has 3 N–H and O–H groups in total. The van der Waals surface area contributed by atoms with Crippen molar-refractivity contribution in [3.8, 4) is 0 Å². The summed E-state index contributed by atoms with van der Waals surface area (Å²) in [6.07, 6.45) is 5.40. The Morgan fingerprint density at radius 1 is 1.33 bits per heavy atom. The summed E-state index contributed by atoms with van der Waals surface area (Å²) in [4.78, 5) is 12.7. The molecular formula is C13H27N3O2.